The first kappa shape index (κ1) is 16.3. The zero-order chi connectivity index (χ0) is 16.7. The van der Waals surface area contributed by atoms with Crippen molar-refractivity contribution in [1.82, 2.24) is 5.32 Å². The van der Waals surface area contributed by atoms with Gasteiger partial charge in [-0.1, -0.05) is 30.4 Å². The normalized spacial score (nSPS) is 10.9. The van der Waals surface area contributed by atoms with Crippen LogP contribution in [0.3, 0.4) is 0 Å². The molecule has 0 aliphatic heterocycles. The summed E-state index contributed by atoms with van der Waals surface area (Å²) < 4.78 is 10.1. The Hall–Kier alpha value is -3.08. The minimum Gasteiger partial charge on any atom is -0.465 e. The predicted molar refractivity (Wildman–Crippen MR) is 86.5 cm³/mol. The second kappa shape index (κ2) is 7.79. The molecular formula is C18H17NO4. The molecule has 1 aromatic carbocycles. The van der Waals surface area contributed by atoms with Crippen molar-refractivity contribution in [3.8, 4) is 0 Å². The Morgan fingerprint density at radius 2 is 2.00 bits per heavy atom. The zero-order valence-corrected chi connectivity index (χ0v) is 12.7. The van der Waals surface area contributed by atoms with Gasteiger partial charge >= 0.3 is 5.97 Å². The lowest BCUT2D eigenvalue weighted by molar-refractivity contribution is -0.138. The first-order valence-corrected chi connectivity index (χ1v) is 7.01. The average molecular weight is 311 g/mol. The summed E-state index contributed by atoms with van der Waals surface area (Å²) in [6.07, 6.45) is 4.34. The monoisotopic (exact) mass is 311 g/mol. The van der Waals surface area contributed by atoms with Crippen LogP contribution in [0, 0.1) is 6.92 Å². The lowest BCUT2D eigenvalue weighted by Gasteiger charge is -2.09. The molecule has 1 heterocycles. The van der Waals surface area contributed by atoms with Crippen LogP contribution in [0.2, 0.25) is 0 Å². The fraction of sp³-hybridized carbons (Fsp3) is 0.111. The Morgan fingerprint density at radius 3 is 2.61 bits per heavy atom. The lowest BCUT2D eigenvalue weighted by Crippen LogP contribution is -2.28. The van der Waals surface area contributed by atoms with Crippen molar-refractivity contribution in [3.63, 3.8) is 0 Å². The fourth-order valence-electron chi connectivity index (χ4n) is 1.77. The topological polar surface area (TPSA) is 68.5 Å². The van der Waals surface area contributed by atoms with Gasteiger partial charge in [0.25, 0.3) is 5.91 Å². The van der Waals surface area contributed by atoms with Crippen LogP contribution >= 0.6 is 0 Å². The van der Waals surface area contributed by atoms with E-state index in [2.05, 4.69) is 11.9 Å². The molecule has 1 aromatic heterocycles. The number of hydrogen-bond donors (Lipinski definition) is 1. The molecule has 0 radical (unpaired) electrons. The highest BCUT2D eigenvalue weighted by Gasteiger charge is 2.16. The molecule has 0 spiro atoms. The number of nitrogens with one attached hydrogen (secondary N) is 1. The van der Waals surface area contributed by atoms with Gasteiger partial charge in [-0.25, -0.2) is 4.79 Å². The quantitative estimate of drug-likeness (QED) is 0.506. The predicted octanol–water partition coefficient (Wildman–Crippen LogP) is 3.09. The maximum Gasteiger partial charge on any atom is 0.355 e. The Bertz CT molecular complexity index is 712. The molecule has 0 fully saturated rings. The van der Waals surface area contributed by atoms with E-state index in [1.807, 2.05) is 19.1 Å². The largest absolute Gasteiger partial charge is 0.465 e. The Morgan fingerprint density at radius 1 is 1.26 bits per heavy atom. The van der Waals surface area contributed by atoms with Gasteiger partial charge in [-0.3, -0.25) is 4.79 Å². The molecule has 0 aliphatic carbocycles. The van der Waals surface area contributed by atoms with Crippen LogP contribution < -0.4 is 5.32 Å². The summed E-state index contributed by atoms with van der Waals surface area (Å²) in [5.74, 6) is -0.639. The standard InChI is InChI=1S/C18H17NO4/c1-3-10-23-18(21)16(12-15-5-4-11-22-15)19-17(20)14-8-6-13(2)7-9-14/h3-9,11-12H,1,10H2,2H3,(H,19,20). The SMILES string of the molecule is C=CCOC(=O)C(=Cc1ccco1)NC(=O)c1ccc(C)cc1. The second-order valence-corrected chi connectivity index (χ2v) is 4.78. The summed E-state index contributed by atoms with van der Waals surface area (Å²) in [4.78, 5) is 24.3. The molecule has 2 rings (SSSR count). The van der Waals surface area contributed by atoms with Gasteiger partial charge in [0.05, 0.1) is 6.26 Å². The van der Waals surface area contributed by atoms with Gasteiger partial charge in [0.2, 0.25) is 0 Å². The van der Waals surface area contributed by atoms with E-state index in [1.54, 1.807) is 24.3 Å². The van der Waals surface area contributed by atoms with Crippen LogP contribution in [0.25, 0.3) is 6.08 Å². The molecule has 23 heavy (non-hydrogen) atoms. The number of ether oxygens (including phenoxy) is 1. The molecular weight excluding hydrogens is 294 g/mol. The molecule has 0 saturated carbocycles. The number of furan rings is 1. The van der Waals surface area contributed by atoms with E-state index >= 15 is 0 Å². The smallest absolute Gasteiger partial charge is 0.355 e. The first-order chi connectivity index (χ1) is 11.1. The highest BCUT2D eigenvalue weighted by molar-refractivity contribution is 6.03. The minimum absolute atomic E-state index is 0.00706. The van der Waals surface area contributed by atoms with Gasteiger partial charge in [0, 0.05) is 11.6 Å². The summed E-state index contributed by atoms with van der Waals surface area (Å²) >= 11 is 0. The van der Waals surface area contributed by atoms with Crippen LogP contribution in [0.5, 0.6) is 0 Å². The maximum atomic E-state index is 12.3. The van der Waals surface area contributed by atoms with Crippen molar-refractivity contribution in [1.29, 1.82) is 0 Å². The van der Waals surface area contributed by atoms with Gasteiger partial charge in [-0.05, 0) is 31.2 Å². The van der Waals surface area contributed by atoms with E-state index in [-0.39, 0.29) is 12.3 Å². The van der Waals surface area contributed by atoms with E-state index in [0.29, 0.717) is 11.3 Å². The Kier molecular flexibility index (Phi) is 5.52. The highest BCUT2D eigenvalue weighted by Crippen LogP contribution is 2.09. The number of hydrogen-bond acceptors (Lipinski definition) is 4. The Balaban J connectivity index is 2.19. The van der Waals surface area contributed by atoms with Crippen molar-refractivity contribution in [2.75, 3.05) is 6.61 Å². The molecule has 118 valence electrons. The van der Waals surface area contributed by atoms with Crippen molar-refractivity contribution in [2.24, 2.45) is 0 Å². The third kappa shape index (κ3) is 4.71. The van der Waals surface area contributed by atoms with Crippen LogP contribution in [0.15, 0.2) is 65.4 Å². The van der Waals surface area contributed by atoms with E-state index in [1.165, 1.54) is 18.4 Å². The summed E-state index contributed by atoms with van der Waals surface area (Å²) in [7, 11) is 0. The molecule has 1 amide bonds. The van der Waals surface area contributed by atoms with Crippen molar-refractivity contribution >= 4 is 18.0 Å². The van der Waals surface area contributed by atoms with Crippen molar-refractivity contribution < 1.29 is 18.7 Å². The highest BCUT2D eigenvalue weighted by atomic mass is 16.5. The molecule has 0 saturated heterocycles. The first-order valence-electron chi connectivity index (χ1n) is 7.01. The fourth-order valence-corrected chi connectivity index (χ4v) is 1.77. The summed E-state index contributed by atoms with van der Waals surface area (Å²) in [5, 5.41) is 2.55. The number of esters is 1. The zero-order valence-electron chi connectivity index (χ0n) is 12.7. The summed E-state index contributed by atoms with van der Waals surface area (Å²) in [6, 6.07) is 10.4. The van der Waals surface area contributed by atoms with Crippen LogP contribution in [0.4, 0.5) is 0 Å². The average Bonchev–Trinajstić information content (AvgIpc) is 3.05. The molecule has 0 aliphatic rings. The van der Waals surface area contributed by atoms with Crippen LogP contribution in [-0.4, -0.2) is 18.5 Å². The number of carbonyl (C=O) groups is 2. The Labute approximate surface area is 134 Å². The molecule has 1 N–H and O–H groups in total. The van der Waals surface area contributed by atoms with Crippen LogP contribution in [0.1, 0.15) is 21.7 Å². The van der Waals surface area contributed by atoms with Gasteiger partial charge in [-0.15, -0.1) is 0 Å². The number of rotatable bonds is 6. The van der Waals surface area contributed by atoms with Gasteiger partial charge in [0.15, 0.2) is 0 Å². The van der Waals surface area contributed by atoms with E-state index < -0.39 is 11.9 Å². The molecule has 5 heteroatoms. The maximum absolute atomic E-state index is 12.3. The van der Waals surface area contributed by atoms with Gasteiger partial charge in [0.1, 0.15) is 18.1 Å². The summed E-state index contributed by atoms with van der Waals surface area (Å²) in [6.45, 7) is 5.46. The molecule has 0 bridgehead atoms. The lowest BCUT2D eigenvalue weighted by atomic mass is 10.1. The second-order valence-electron chi connectivity index (χ2n) is 4.78. The van der Waals surface area contributed by atoms with Crippen molar-refractivity contribution in [3.05, 3.63) is 77.9 Å². The third-order valence-electron chi connectivity index (χ3n) is 2.94. The van der Waals surface area contributed by atoms with Gasteiger partial charge < -0.3 is 14.5 Å². The molecule has 5 nitrogen and oxygen atoms in total. The third-order valence-corrected chi connectivity index (χ3v) is 2.94. The van der Waals surface area contributed by atoms with Crippen LogP contribution in [-0.2, 0) is 9.53 Å². The minimum atomic E-state index is -0.665. The van der Waals surface area contributed by atoms with Gasteiger partial charge in [-0.2, -0.15) is 0 Å². The van der Waals surface area contributed by atoms with E-state index in [0.717, 1.165) is 5.56 Å². The number of amides is 1. The number of aryl methyl sites for hydroxylation is 1. The molecule has 0 atom stereocenters. The number of benzene rings is 1. The van der Waals surface area contributed by atoms with E-state index in [9.17, 15) is 9.59 Å². The summed E-state index contributed by atoms with van der Waals surface area (Å²) in [5.41, 5.74) is 1.48. The number of carbonyl (C=O) groups excluding carboxylic acids is 2. The molecule has 0 unspecified atom stereocenters. The molecule has 2 aromatic rings. The van der Waals surface area contributed by atoms with Crippen molar-refractivity contribution in [2.45, 2.75) is 6.92 Å². The van der Waals surface area contributed by atoms with E-state index in [4.69, 9.17) is 9.15 Å².